The Morgan fingerprint density at radius 1 is 1.17 bits per heavy atom. The van der Waals surface area contributed by atoms with E-state index in [0.29, 0.717) is 0 Å². The van der Waals surface area contributed by atoms with Crippen LogP contribution in [0.4, 0.5) is 0 Å². The van der Waals surface area contributed by atoms with Gasteiger partial charge in [-0.2, -0.15) is 0 Å². The Morgan fingerprint density at radius 3 is 1.33 bits per heavy atom. The predicted molar refractivity (Wildman–Crippen MR) is 30.0 cm³/mol. The Labute approximate surface area is 39.3 Å². The molecule has 0 N–H and O–H groups in total. The van der Waals surface area contributed by atoms with E-state index in [1.807, 2.05) is 0 Å². The van der Waals surface area contributed by atoms with E-state index >= 15 is 0 Å². The van der Waals surface area contributed by atoms with Crippen LogP contribution in [-0.4, -0.2) is 6.71 Å². The van der Waals surface area contributed by atoms with Gasteiger partial charge in [0.25, 0.3) is 0 Å². The van der Waals surface area contributed by atoms with Gasteiger partial charge in [0, 0.05) is 0 Å². The molecule has 32 valence electrons. The molecular formula is C5H9B. The number of allylic oxidation sites excluding steroid dienone is 2. The Balaban J connectivity index is 2.54. The second kappa shape index (κ2) is 0.897. The van der Waals surface area contributed by atoms with Crippen molar-refractivity contribution in [2.45, 2.75) is 20.7 Å². The van der Waals surface area contributed by atoms with E-state index in [2.05, 4.69) is 20.7 Å². The molecule has 0 radical (unpaired) electrons. The summed E-state index contributed by atoms with van der Waals surface area (Å²) >= 11 is 0. The second-order valence-electron chi connectivity index (χ2n) is 2.09. The fourth-order valence-electron chi connectivity index (χ4n) is 0.661. The van der Waals surface area contributed by atoms with Crippen molar-refractivity contribution >= 4 is 6.71 Å². The van der Waals surface area contributed by atoms with E-state index < -0.39 is 0 Å². The van der Waals surface area contributed by atoms with Gasteiger partial charge >= 0.3 is 0 Å². The molecule has 0 fully saturated rings. The van der Waals surface area contributed by atoms with Crippen LogP contribution in [0, 0.1) is 0 Å². The molecular weight excluding hydrogens is 70.9 g/mol. The minimum atomic E-state index is 0.852. The van der Waals surface area contributed by atoms with Crippen LogP contribution >= 0.6 is 0 Å². The molecule has 6 heavy (non-hydrogen) atoms. The van der Waals surface area contributed by atoms with Gasteiger partial charge in [0.2, 0.25) is 0 Å². The van der Waals surface area contributed by atoms with Crippen molar-refractivity contribution in [1.82, 2.24) is 0 Å². The third-order valence-electron chi connectivity index (χ3n) is 1.84. The zero-order valence-electron chi connectivity index (χ0n) is 4.58. The van der Waals surface area contributed by atoms with Gasteiger partial charge in [-0.05, 0) is 0 Å². The average molecular weight is 79.9 g/mol. The molecule has 0 bridgehead atoms. The van der Waals surface area contributed by atoms with E-state index in [4.69, 9.17) is 0 Å². The third-order valence-corrected chi connectivity index (χ3v) is 1.84. The van der Waals surface area contributed by atoms with Crippen molar-refractivity contribution in [3.8, 4) is 0 Å². The lowest BCUT2D eigenvalue weighted by molar-refractivity contribution is 1.64. The van der Waals surface area contributed by atoms with Crippen molar-refractivity contribution in [2.24, 2.45) is 0 Å². The minimum absolute atomic E-state index is 0.852. The van der Waals surface area contributed by atoms with Crippen LogP contribution in [0.1, 0.15) is 13.8 Å². The fourth-order valence-corrected chi connectivity index (χ4v) is 0.661. The SMILES string of the molecule is CB1C(C)=C1C. The summed E-state index contributed by atoms with van der Waals surface area (Å²) in [6.45, 7) is 7.48. The predicted octanol–water partition coefficient (Wildman–Crippen LogP) is 1.54. The Hall–Kier alpha value is -0.195. The molecule has 0 aromatic rings. The Kier molecular flexibility index (Phi) is 0.595. The average Bonchev–Trinajstić information content (AvgIpc) is 1.94. The summed E-state index contributed by atoms with van der Waals surface area (Å²) in [7, 11) is 0. The number of hydrogen-bond donors (Lipinski definition) is 0. The minimum Gasteiger partial charge on any atom is -0.108 e. The van der Waals surface area contributed by atoms with E-state index in [9.17, 15) is 0 Å². The molecule has 0 spiro atoms. The molecule has 0 aliphatic carbocycles. The van der Waals surface area contributed by atoms with Gasteiger partial charge in [0.1, 0.15) is 0 Å². The zero-order valence-corrected chi connectivity index (χ0v) is 4.58. The summed E-state index contributed by atoms with van der Waals surface area (Å²) in [6, 6.07) is 0. The van der Waals surface area contributed by atoms with Gasteiger partial charge < -0.3 is 0 Å². The van der Waals surface area contributed by atoms with Gasteiger partial charge in [0.05, 0.1) is 0 Å². The summed E-state index contributed by atoms with van der Waals surface area (Å²) in [6.07, 6.45) is 0. The lowest BCUT2D eigenvalue weighted by atomic mass is 9.64. The summed E-state index contributed by atoms with van der Waals surface area (Å²) in [5.41, 5.74) is 3.19. The molecule has 1 heterocycles. The molecule has 1 aliphatic rings. The van der Waals surface area contributed by atoms with Gasteiger partial charge in [-0.1, -0.05) is 20.7 Å². The van der Waals surface area contributed by atoms with Crippen LogP contribution < -0.4 is 0 Å². The highest BCUT2D eigenvalue weighted by Gasteiger charge is 2.26. The van der Waals surface area contributed by atoms with Crippen LogP contribution in [0.25, 0.3) is 0 Å². The van der Waals surface area contributed by atoms with Gasteiger partial charge in [0.15, 0.2) is 6.71 Å². The smallest absolute Gasteiger partial charge is 0.108 e. The highest BCUT2D eigenvalue weighted by Crippen LogP contribution is 2.26. The largest absolute Gasteiger partial charge is 0.193 e. The molecule has 0 atom stereocenters. The summed E-state index contributed by atoms with van der Waals surface area (Å²) in [4.78, 5) is 0. The summed E-state index contributed by atoms with van der Waals surface area (Å²) < 4.78 is 0. The van der Waals surface area contributed by atoms with Gasteiger partial charge in [-0.25, -0.2) is 0 Å². The maximum atomic E-state index is 2.24. The first-order valence-corrected chi connectivity index (χ1v) is 2.40. The standard InChI is InChI=1S/C5H9B/c1-4-5(2)6(4)3/h1-3H3. The molecule has 1 rings (SSSR count). The van der Waals surface area contributed by atoms with E-state index in [-0.39, 0.29) is 0 Å². The topological polar surface area (TPSA) is 0 Å². The van der Waals surface area contributed by atoms with E-state index in [1.54, 1.807) is 10.9 Å². The first-order chi connectivity index (χ1) is 2.73. The Morgan fingerprint density at radius 2 is 1.33 bits per heavy atom. The van der Waals surface area contributed by atoms with Crippen LogP contribution in [0.5, 0.6) is 0 Å². The first-order valence-electron chi connectivity index (χ1n) is 2.40. The van der Waals surface area contributed by atoms with Crippen LogP contribution in [0.2, 0.25) is 6.82 Å². The Bertz CT molecular complexity index is 90.5. The summed E-state index contributed by atoms with van der Waals surface area (Å²) in [5.74, 6) is 0. The molecule has 0 saturated carbocycles. The van der Waals surface area contributed by atoms with Crippen molar-refractivity contribution in [3.05, 3.63) is 10.9 Å². The van der Waals surface area contributed by atoms with Crippen LogP contribution in [0.15, 0.2) is 10.9 Å². The highest BCUT2D eigenvalue weighted by atomic mass is 14.0. The summed E-state index contributed by atoms with van der Waals surface area (Å²) in [5, 5.41) is 0. The molecule has 0 amide bonds. The first kappa shape index (κ1) is 3.98. The molecule has 0 aromatic heterocycles. The monoisotopic (exact) mass is 80.1 g/mol. The molecule has 0 nitrogen and oxygen atoms in total. The normalized spacial score (nSPS) is 19.5. The maximum absolute atomic E-state index is 2.24. The quantitative estimate of drug-likeness (QED) is 0.387. The van der Waals surface area contributed by atoms with Crippen LogP contribution in [0.3, 0.4) is 0 Å². The van der Waals surface area contributed by atoms with Crippen molar-refractivity contribution in [2.75, 3.05) is 0 Å². The van der Waals surface area contributed by atoms with Crippen molar-refractivity contribution < 1.29 is 0 Å². The van der Waals surface area contributed by atoms with E-state index in [0.717, 1.165) is 6.71 Å². The zero-order chi connectivity index (χ0) is 4.73. The second-order valence-corrected chi connectivity index (χ2v) is 2.09. The number of rotatable bonds is 0. The van der Waals surface area contributed by atoms with E-state index in [1.165, 1.54) is 0 Å². The van der Waals surface area contributed by atoms with Crippen LogP contribution in [-0.2, 0) is 0 Å². The fraction of sp³-hybridized carbons (Fsp3) is 0.600. The van der Waals surface area contributed by atoms with Crippen molar-refractivity contribution in [1.29, 1.82) is 0 Å². The van der Waals surface area contributed by atoms with Gasteiger partial charge in [-0.15, -0.1) is 10.9 Å². The lowest BCUT2D eigenvalue weighted by Gasteiger charge is -1.66. The molecule has 1 heteroatoms. The van der Waals surface area contributed by atoms with Crippen molar-refractivity contribution in [3.63, 3.8) is 0 Å². The third kappa shape index (κ3) is 0.311. The lowest BCUT2D eigenvalue weighted by Crippen LogP contribution is -1.80. The van der Waals surface area contributed by atoms with Gasteiger partial charge in [-0.3, -0.25) is 0 Å². The maximum Gasteiger partial charge on any atom is 0.193 e. The molecule has 0 unspecified atom stereocenters. The molecule has 1 aliphatic heterocycles. The number of hydrogen-bond acceptors (Lipinski definition) is 0. The molecule has 0 saturated heterocycles. The highest BCUT2D eigenvalue weighted by molar-refractivity contribution is 6.84. The molecule has 0 aromatic carbocycles.